The predicted molar refractivity (Wildman–Crippen MR) is 77.1 cm³/mol. The molecular weight excluding hydrogens is 258 g/mol. The lowest BCUT2D eigenvalue weighted by molar-refractivity contribution is -0.136. The van der Waals surface area contributed by atoms with Gasteiger partial charge in [0.1, 0.15) is 6.61 Å². The molecule has 0 N–H and O–H groups in total. The number of para-hydroxylation sites is 1. The van der Waals surface area contributed by atoms with Gasteiger partial charge in [0, 0.05) is 19.2 Å². The molecule has 0 aliphatic carbocycles. The number of hydrogen-bond donors (Lipinski definition) is 0. The van der Waals surface area contributed by atoms with Gasteiger partial charge in [-0.05, 0) is 19.9 Å². The zero-order chi connectivity index (χ0) is 15.1. The Morgan fingerprint density at radius 2 is 1.95 bits per heavy atom. The van der Waals surface area contributed by atoms with Crippen LogP contribution >= 0.6 is 0 Å². The van der Waals surface area contributed by atoms with Gasteiger partial charge in [0.05, 0.1) is 20.3 Å². The highest BCUT2D eigenvalue weighted by molar-refractivity contribution is 5.77. The number of carbonyl (C=O) groups excluding carboxylic acids is 1. The quantitative estimate of drug-likeness (QED) is 0.768. The fourth-order valence-corrected chi connectivity index (χ4v) is 1.77. The van der Waals surface area contributed by atoms with E-state index in [1.807, 2.05) is 32.0 Å². The molecule has 5 nitrogen and oxygen atoms in total. The first-order chi connectivity index (χ1) is 9.49. The molecule has 0 heterocycles. The van der Waals surface area contributed by atoms with Crippen LogP contribution in [0.2, 0.25) is 0 Å². The van der Waals surface area contributed by atoms with Crippen LogP contribution in [0, 0.1) is 0 Å². The van der Waals surface area contributed by atoms with Gasteiger partial charge in [-0.15, -0.1) is 0 Å². The third kappa shape index (κ3) is 4.42. The molecule has 0 bridgehead atoms. The molecule has 0 radical (unpaired) electrons. The Balaban J connectivity index is 2.75. The topological polar surface area (TPSA) is 48.0 Å². The Kier molecular flexibility index (Phi) is 6.31. The molecule has 0 saturated heterocycles. The summed E-state index contributed by atoms with van der Waals surface area (Å²) in [5.41, 5.74) is 0.896. The number of rotatable bonds is 7. The molecule has 0 spiro atoms. The van der Waals surface area contributed by atoms with Crippen molar-refractivity contribution in [3.05, 3.63) is 23.8 Å². The van der Waals surface area contributed by atoms with Gasteiger partial charge < -0.3 is 19.1 Å². The van der Waals surface area contributed by atoms with Crippen molar-refractivity contribution in [3.63, 3.8) is 0 Å². The normalized spacial score (nSPS) is 10.5. The van der Waals surface area contributed by atoms with E-state index in [9.17, 15) is 4.79 Å². The largest absolute Gasteiger partial charge is 0.493 e. The Hall–Kier alpha value is -1.75. The second kappa shape index (κ2) is 7.75. The van der Waals surface area contributed by atoms with E-state index in [0.717, 1.165) is 5.56 Å². The average molecular weight is 281 g/mol. The molecule has 0 aliphatic rings. The van der Waals surface area contributed by atoms with E-state index in [2.05, 4.69) is 0 Å². The van der Waals surface area contributed by atoms with Crippen molar-refractivity contribution in [2.45, 2.75) is 26.5 Å². The molecule has 20 heavy (non-hydrogen) atoms. The van der Waals surface area contributed by atoms with Crippen molar-refractivity contribution in [1.29, 1.82) is 0 Å². The molecule has 0 aromatic heterocycles. The first kappa shape index (κ1) is 16.3. The molecule has 112 valence electrons. The van der Waals surface area contributed by atoms with Crippen LogP contribution in [0.5, 0.6) is 11.5 Å². The first-order valence-corrected chi connectivity index (χ1v) is 6.55. The maximum Gasteiger partial charge on any atom is 0.248 e. The number of amides is 1. The summed E-state index contributed by atoms with van der Waals surface area (Å²) >= 11 is 0. The van der Waals surface area contributed by atoms with E-state index in [1.54, 1.807) is 26.2 Å². The van der Waals surface area contributed by atoms with Crippen molar-refractivity contribution in [1.82, 2.24) is 4.90 Å². The number of hydrogen-bond acceptors (Lipinski definition) is 4. The second-order valence-electron chi connectivity index (χ2n) is 4.76. The van der Waals surface area contributed by atoms with E-state index in [-0.39, 0.29) is 18.6 Å². The molecule has 1 aromatic rings. The Labute approximate surface area is 120 Å². The van der Waals surface area contributed by atoms with Crippen LogP contribution in [0.25, 0.3) is 0 Å². The van der Waals surface area contributed by atoms with Crippen molar-refractivity contribution in [2.75, 3.05) is 27.9 Å². The molecule has 1 rings (SSSR count). The van der Waals surface area contributed by atoms with Crippen LogP contribution in [0.4, 0.5) is 0 Å². The summed E-state index contributed by atoms with van der Waals surface area (Å²) < 4.78 is 15.9. The molecule has 5 heteroatoms. The summed E-state index contributed by atoms with van der Waals surface area (Å²) in [7, 11) is 4.92. The van der Waals surface area contributed by atoms with Crippen molar-refractivity contribution < 1.29 is 19.0 Å². The minimum atomic E-state index is -0.0661. The lowest BCUT2D eigenvalue weighted by Crippen LogP contribution is -2.31. The van der Waals surface area contributed by atoms with Gasteiger partial charge in [0.25, 0.3) is 0 Å². The van der Waals surface area contributed by atoms with E-state index in [4.69, 9.17) is 14.2 Å². The van der Waals surface area contributed by atoms with Gasteiger partial charge in [-0.2, -0.15) is 0 Å². The highest BCUT2D eigenvalue weighted by atomic mass is 16.5. The summed E-state index contributed by atoms with van der Waals surface area (Å²) in [5.74, 6) is 1.24. The van der Waals surface area contributed by atoms with Crippen LogP contribution in [0.1, 0.15) is 19.4 Å². The van der Waals surface area contributed by atoms with E-state index in [1.165, 1.54) is 0 Å². The van der Waals surface area contributed by atoms with Crippen LogP contribution in [0.15, 0.2) is 18.2 Å². The summed E-state index contributed by atoms with van der Waals surface area (Å²) in [4.78, 5) is 13.5. The molecule has 0 saturated carbocycles. The highest BCUT2D eigenvalue weighted by Crippen LogP contribution is 2.31. The van der Waals surface area contributed by atoms with Crippen LogP contribution in [-0.4, -0.2) is 44.8 Å². The number of carbonyl (C=O) groups is 1. The molecule has 0 unspecified atom stereocenters. The monoisotopic (exact) mass is 281 g/mol. The molecule has 1 aromatic carbocycles. The lowest BCUT2D eigenvalue weighted by atomic mass is 10.1. The Morgan fingerprint density at radius 3 is 2.50 bits per heavy atom. The summed E-state index contributed by atoms with van der Waals surface area (Å²) in [5, 5.41) is 0. The smallest absolute Gasteiger partial charge is 0.248 e. The van der Waals surface area contributed by atoms with Crippen LogP contribution in [0.3, 0.4) is 0 Å². The summed E-state index contributed by atoms with van der Waals surface area (Å²) in [6.45, 7) is 4.33. The van der Waals surface area contributed by atoms with Crippen molar-refractivity contribution in [2.24, 2.45) is 0 Å². The second-order valence-corrected chi connectivity index (χ2v) is 4.76. The van der Waals surface area contributed by atoms with E-state index < -0.39 is 0 Å². The molecule has 0 atom stereocenters. The number of nitrogens with zero attached hydrogens (tertiary/aromatic N) is 1. The maximum absolute atomic E-state index is 11.9. The fraction of sp³-hybridized carbons (Fsp3) is 0.533. The van der Waals surface area contributed by atoms with Crippen LogP contribution in [-0.2, 0) is 16.1 Å². The molecule has 0 aliphatic heterocycles. The third-order valence-electron chi connectivity index (χ3n) is 2.86. The number of benzene rings is 1. The zero-order valence-corrected chi connectivity index (χ0v) is 12.8. The first-order valence-electron chi connectivity index (χ1n) is 6.55. The van der Waals surface area contributed by atoms with E-state index >= 15 is 0 Å². The standard InChI is InChI=1S/C15H23NO4/c1-11(2)20-10-14(17)16(3)9-12-7-6-8-13(18-4)15(12)19-5/h6-8,11H,9-10H2,1-5H3. The minimum absolute atomic E-state index is 0.0405. The lowest BCUT2D eigenvalue weighted by Gasteiger charge is -2.20. The molecular formula is C15H23NO4. The van der Waals surface area contributed by atoms with Gasteiger partial charge in [0.15, 0.2) is 11.5 Å². The maximum atomic E-state index is 11.9. The highest BCUT2D eigenvalue weighted by Gasteiger charge is 2.15. The Bertz CT molecular complexity index is 445. The van der Waals surface area contributed by atoms with Gasteiger partial charge in [0.2, 0.25) is 5.91 Å². The van der Waals surface area contributed by atoms with Crippen LogP contribution < -0.4 is 9.47 Å². The van der Waals surface area contributed by atoms with Crippen molar-refractivity contribution in [3.8, 4) is 11.5 Å². The van der Waals surface area contributed by atoms with Gasteiger partial charge >= 0.3 is 0 Å². The number of ether oxygens (including phenoxy) is 3. The minimum Gasteiger partial charge on any atom is -0.493 e. The van der Waals surface area contributed by atoms with Gasteiger partial charge in [-0.3, -0.25) is 4.79 Å². The average Bonchev–Trinajstić information content (AvgIpc) is 2.44. The molecule has 1 amide bonds. The van der Waals surface area contributed by atoms with E-state index in [0.29, 0.717) is 18.0 Å². The summed E-state index contributed by atoms with van der Waals surface area (Å²) in [6, 6.07) is 5.61. The van der Waals surface area contributed by atoms with Crippen molar-refractivity contribution >= 4 is 5.91 Å². The zero-order valence-electron chi connectivity index (χ0n) is 12.8. The fourth-order valence-electron chi connectivity index (χ4n) is 1.77. The van der Waals surface area contributed by atoms with Gasteiger partial charge in [-0.25, -0.2) is 0 Å². The SMILES string of the molecule is COc1cccc(CN(C)C(=O)COC(C)C)c1OC. The third-order valence-corrected chi connectivity index (χ3v) is 2.86. The number of likely N-dealkylation sites (N-methyl/N-ethyl adjacent to an activating group) is 1. The summed E-state index contributed by atoms with van der Waals surface area (Å²) in [6.07, 6.45) is 0.0405. The number of methoxy groups -OCH3 is 2. The predicted octanol–water partition coefficient (Wildman–Crippen LogP) is 2.09. The molecule has 0 fully saturated rings. The van der Waals surface area contributed by atoms with Gasteiger partial charge in [-0.1, -0.05) is 12.1 Å². The Morgan fingerprint density at radius 1 is 1.25 bits per heavy atom.